The molecule has 0 fully saturated rings. The fraction of sp³-hybridized carbons (Fsp3) is 0.571. The van der Waals surface area contributed by atoms with Crippen LogP contribution in [0.3, 0.4) is 0 Å². The second-order valence-electron chi connectivity index (χ2n) is 5.56. The minimum Gasteiger partial charge on any atom is -0.496 e. The molecule has 0 aromatic heterocycles. The van der Waals surface area contributed by atoms with E-state index in [-0.39, 0.29) is 5.41 Å². The van der Waals surface area contributed by atoms with E-state index in [1.807, 2.05) is 0 Å². The molecule has 2 rings (SSSR count). The first-order chi connectivity index (χ1) is 7.54. The predicted octanol–water partition coefficient (Wildman–Crippen LogP) is 3.64. The Hall–Kier alpha value is -1.18. The first-order valence-electron chi connectivity index (χ1n) is 5.95. The molecule has 1 aromatic carbocycles. The van der Waals surface area contributed by atoms with E-state index in [1.165, 1.54) is 17.7 Å². The minimum absolute atomic E-state index is 0.283. The van der Waals surface area contributed by atoms with Crippen molar-refractivity contribution in [1.82, 2.24) is 0 Å². The van der Waals surface area contributed by atoms with Crippen LogP contribution in [0.2, 0.25) is 0 Å². The van der Waals surface area contributed by atoms with Crippen LogP contribution in [0.1, 0.15) is 38.7 Å². The Morgan fingerprint density at radius 2 is 2.06 bits per heavy atom. The van der Waals surface area contributed by atoms with E-state index in [2.05, 4.69) is 44.3 Å². The van der Waals surface area contributed by atoms with Crippen molar-refractivity contribution in [2.75, 3.05) is 19.0 Å². The van der Waals surface area contributed by atoms with Gasteiger partial charge in [-0.15, -0.1) is 0 Å². The van der Waals surface area contributed by atoms with Crippen molar-refractivity contribution in [1.29, 1.82) is 0 Å². The van der Waals surface area contributed by atoms with Crippen molar-refractivity contribution in [2.45, 2.75) is 33.1 Å². The van der Waals surface area contributed by atoms with Gasteiger partial charge < -0.3 is 10.1 Å². The van der Waals surface area contributed by atoms with Gasteiger partial charge in [-0.1, -0.05) is 26.8 Å². The van der Waals surface area contributed by atoms with E-state index in [0.717, 1.165) is 12.3 Å². The summed E-state index contributed by atoms with van der Waals surface area (Å²) < 4.78 is 5.50. The summed E-state index contributed by atoms with van der Waals surface area (Å²) in [6, 6.07) is 6.26. The molecule has 1 aliphatic heterocycles. The van der Waals surface area contributed by atoms with Gasteiger partial charge in [0.25, 0.3) is 0 Å². The average molecular weight is 219 g/mol. The third kappa shape index (κ3) is 1.89. The van der Waals surface area contributed by atoms with E-state index in [0.29, 0.717) is 5.92 Å². The molecule has 1 heterocycles. The van der Waals surface area contributed by atoms with E-state index < -0.39 is 0 Å². The van der Waals surface area contributed by atoms with Crippen molar-refractivity contribution in [3.8, 4) is 5.75 Å². The molecule has 0 bridgehead atoms. The molecule has 1 N–H and O–H groups in total. The normalized spacial score (nSPS) is 19.9. The van der Waals surface area contributed by atoms with Crippen LogP contribution in [0.25, 0.3) is 0 Å². The van der Waals surface area contributed by atoms with Crippen molar-refractivity contribution >= 4 is 5.69 Å². The zero-order valence-corrected chi connectivity index (χ0v) is 10.6. The molecule has 1 aromatic rings. The summed E-state index contributed by atoms with van der Waals surface area (Å²) in [4.78, 5) is 0. The van der Waals surface area contributed by atoms with Crippen molar-refractivity contribution in [2.24, 2.45) is 5.41 Å². The maximum Gasteiger partial charge on any atom is 0.124 e. The first kappa shape index (κ1) is 11.3. The lowest BCUT2D eigenvalue weighted by Gasteiger charge is -2.37. The van der Waals surface area contributed by atoms with Gasteiger partial charge in [0.15, 0.2) is 0 Å². The third-order valence-electron chi connectivity index (χ3n) is 3.43. The zero-order chi connectivity index (χ0) is 11.8. The van der Waals surface area contributed by atoms with Crippen LogP contribution in [0.15, 0.2) is 18.2 Å². The molecule has 1 atom stereocenters. The van der Waals surface area contributed by atoms with Crippen molar-refractivity contribution in [3.63, 3.8) is 0 Å². The Morgan fingerprint density at radius 3 is 2.69 bits per heavy atom. The number of rotatable bonds is 1. The number of hydrogen-bond donors (Lipinski definition) is 1. The molecule has 0 saturated heterocycles. The molecule has 1 unspecified atom stereocenters. The van der Waals surface area contributed by atoms with Gasteiger partial charge in [0, 0.05) is 17.8 Å². The number of ether oxygens (including phenoxy) is 1. The minimum atomic E-state index is 0.283. The summed E-state index contributed by atoms with van der Waals surface area (Å²) >= 11 is 0. The number of nitrogens with one attached hydrogen (secondary N) is 1. The maximum atomic E-state index is 5.50. The van der Waals surface area contributed by atoms with Crippen LogP contribution in [-0.2, 0) is 0 Å². The summed E-state index contributed by atoms with van der Waals surface area (Å²) in [6.45, 7) is 7.97. The van der Waals surface area contributed by atoms with Gasteiger partial charge in [0.1, 0.15) is 5.75 Å². The van der Waals surface area contributed by atoms with Gasteiger partial charge in [-0.2, -0.15) is 0 Å². The topological polar surface area (TPSA) is 21.3 Å². The number of hydrogen-bond acceptors (Lipinski definition) is 2. The quantitative estimate of drug-likeness (QED) is 0.778. The lowest BCUT2D eigenvalue weighted by molar-refractivity contribution is 0.295. The van der Waals surface area contributed by atoms with Crippen molar-refractivity contribution < 1.29 is 4.74 Å². The van der Waals surface area contributed by atoms with Crippen LogP contribution < -0.4 is 10.1 Å². The highest BCUT2D eigenvalue weighted by Gasteiger charge is 2.32. The fourth-order valence-corrected chi connectivity index (χ4v) is 2.60. The van der Waals surface area contributed by atoms with Crippen LogP contribution in [-0.4, -0.2) is 13.7 Å². The number of anilines is 1. The summed E-state index contributed by atoms with van der Waals surface area (Å²) in [5, 5.41) is 3.46. The SMILES string of the molecule is COc1cccc2c1C(C(C)(C)C)CCN2. The van der Waals surface area contributed by atoms with Crippen molar-refractivity contribution in [3.05, 3.63) is 23.8 Å². The van der Waals surface area contributed by atoms with Crippen LogP contribution in [0.4, 0.5) is 5.69 Å². The highest BCUT2D eigenvalue weighted by atomic mass is 16.5. The summed E-state index contributed by atoms with van der Waals surface area (Å²) in [6.07, 6.45) is 1.18. The smallest absolute Gasteiger partial charge is 0.124 e. The Bertz CT molecular complexity index is 365. The second-order valence-corrected chi connectivity index (χ2v) is 5.56. The van der Waals surface area contributed by atoms with Crippen LogP contribution in [0.5, 0.6) is 5.75 Å². The maximum absolute atomic E-state index is 5.50. The van der Waals surface area contributed by atoms with Crippen LogP contribution in [0, 0.1) is 5.41 Å². The Balaban J connectivity index is 2.51. The van der Waals surface area contributed by atoms with Crippen LogP contribution >= 0.6 is 0 Å². The molecular weight excluding hydrogens is 198 g/mol. The number of methoxy groups -OCH3 is 1. The lowest BCUT2D eigenvalue weighted by atomic mass is 9.72. The largest absolute Gasteiger partial charge is 0.496 e. The Morgan fingerprint density at radius 1 is 1.31 bits per heavy atom. The van der Waals surface area contributed by atoms with Gasteiger partial charge in [-0.25, -0.2) is 0 Å². The molecular formula is C14H21NO. The number of fused-ring (bicyclic) bond motifs is 1. The van der Waals surface area contributed by atoms with E-state index in [1.54, 1.807) is 7.11 Å². The standard InChI is InChI=1S/C14H21NO/c1-14(2,3)10-8-9-15-11-6-5-7-12(16-4)13(10)11/h5-7,10,15H,8-9H2,1-4H3. The molecule has 1 aliphatic rings. The summed E-state index contributed by atoms with van der Waals surface area (Å²) in [7, 11) is 1.75. The molecule has 0 spiro atoms. The fourth-order valence-electron chi connectivity index (χ4n) is 2.60. The highest BCUT2D eigenvalue weighted by Crippen LogP contribution is 2.47. The van der Waals surface area contributed by atoms with E-state index in [4.69, 9.17) is 4.74 Å². The van der Waals surface area contributed by atoms with E-state index in [9.17, 15) is 0 Å². The number of benzene rings is 1. The van der Waals surface area contributed by atoms with Gasteiger partial charge in [0.2, 0.25) is 0 Å². The molecule has 0 amide bonds. The second kappa shape index (κ2) is 4.00. The van der Waals surface area contributed by atoms with E-state index >= 15 is 0 Å². The monoisotopic (exact) mass is 219 g/mol. The van der Waals surface area contributed by atoms with Gasteiger partial charge >= 0.3 is 0 Å². The predicted molar refractivity (Wildman–Crippen MR) is 68.3 cm³/mol. The Kier molecular flexibility index (Phi) is 2.83. The molecule has 2 nitrogen and oxygen atoms in total. The van der Waals surface area contributed by atoms with Gasteiger partial charge in [0.05, 0.1) is 7.11 Å². The molecule has 88 valence electrons. The average Bonchev–Trinajstić information content (AvgIpc) is 2.26. The molecule has 0 aliphatic carbocycles. The van der Waals surface area contributed by atoms with Gasteiger partial charge in [-0.3, -0.25) is 0 Å². The molecule has 0 saturated carbocycles. The Labute approximate surface area is 98.0 Å². The lowest BCUT2D eigenvalue weighted by Crippen LogP contribution is -2.26. The zero-order valence-electron chi connectivity index (χ0n) is 10.6. The first-order valence-corrected chi connectivity index (χ1v) is 5.95. The third-order valence-corrected chi connectivity index (χ3v) is 3.43. The summed E-state index contributed by atoms with van der Waals surface area (Å²) in [5.74, 6) is 1.59. The summed E-state index contributed by atoms with van der Waals surface area (Å²) in [5.41, 5.74) is 2.88. The molecule has 16 heavy (non-hydrogen) atoms. The molecule has 0 radical (unpaired) electrons. The van der Waals surface area contributed by atoms with Gasteiger partial charge in [-0.05, 0) is 29.9 Å². The highest BCUT2D eigenvalue weighted by molar-refractivity contribution is 5.61. The molecule has 2 heteroatoms.